The number of halogens is 2. The van der Waals surface area contributed by atoms with Gasteiger partial charge in [0.15, 0.2) is 0 Å². The maximum atomic E-state index is 13.7. The highest BCUT2D eigenvalue weighted by molar-refractivity contribution is 14.1. The second kappa shape index (κ2) is 5.71. The Bertz CT molecular complexity index is 584. The Morgan fingerprint density at radius 2 is 1.83 bits per heavy atom. The minimum atomic E-state index is -1.13. The van der Waals surface area contributed by atoms with Gasteiger partial charge in [-0.05, 0) is 65.1 Å². The molecule has 0 heterocycles. The molecule has 0 saturated carbocycles. The van der Waals surface area contributed by atoms with Crippen LogP contribution in [0.15, 0.2) is 52.3 Å². The highest BCUT2D eigenvalue weighted by Gasteiger charge is 2.09. The number of hydrogen-bond acceptors (Lipinski definition) is 2. The molecule has 0 amide bonds. The first-order valence-corrected chi connectivity index (χ1v) is 6.92. The zero-order chi connectivity index (χ0) is 13.1. The molecule has 0 spiro atoms. The Labute approximate surface area is 121 Å². The zero-order valence-electron chi connectivity index (χ0n) is 9.06. The predicted molar refractivity (Wildman–Crippen MR) is 76.6 cm³/mol. The minimum absolute atomic E-state index is 0.0422. The van der Waals surface area contributed by atoms with E-state index in [1.807, 2.05) is 24.3 Å². The van der Waals surface area contributed by atoms with Crippen LogP contribution in [-0.4, -0.2) is 11.1 Å². The third-order valence-corrected chi connectivity index (χ3v) is 4.00. The van der Waals surface area contributed by atoms with Crippen LogP contribution in [0.1, 0.15) is 10.4 Å². The summed E-state index contributed by atoms with van der Waals surface area (Å²) >= 11 is 3.47. The van der Waals surface area contributed by atoms with Crippen molar-refractivity contribution in [3.63, 3.8) is 0 Å². The van der Waals surface area contributed by atoms with Gasteiger partial charge in [-0.2, -0.15) is 0 Å². The summed E-state index contributed by atoms with van der Waals surface area (Å²) in [5, 5.41) is 8.75. The molecule has 0 atom stereocenters. The Morgan fingerprint density at radius 3 is 2.39 bits per heavy atom. The Kier molecular flexibility index (Phi) is 4.23. The van der Waals surface area contributed by atoms with Crippen LogP contribution in [0.25, 0.3) is 0 Å². The van der Waals surface area contributed by atoms with Crippen LogP contribution in [0.4, 0.5) is 4.39 Å². The first kappa shape index (κ1) is 13.4. The molecule has 0 unspecified atom stereocenters. The van der Waals surface area contributed by atoms with Gasteiger partial charge in [0.25, 0.3) is 0 Å². The third kappa shape index (κ3) is 3.23. The summed E-state index contributed by atoms with van der Waals surface area (Å²) < 4.78 is 14.8. The van der Waals surface area contributed by atoms with Crippen molar-refractivity contribution >= 4 is 40.3 Å². The Balaban J connectivity index is 2.24. The second-order valence-electron chi connectivity index (χ2n) is 3.51. The maximum Gasteiger partial charge on any atom is 0.335 e. The predicted octanol–water partition coefficient (Wildman–Crippen LogP) is 4.28. The van der Waals surface area contributed by atoms with Crippen molar-refractivity contribution < 1.29 is 14.3 Å². The average molecular weight is 374 g/mol. The summed E-state index contributed by atoms with van der Waals surface area (Å²) in [5.74, 6) is -1.64. The largest absolute Gasteiger partial charge is 0.478 e. The van der Waals surface area contributed by atoms with Crippen molar-refractivity contribution in [2.24, 2.45) is 0 Å². The number of benzene rings is 2. The lowest BCUT2D eigenvalue weighted by molar-refractivity contribution is 0.0696. The van der Waals surface area contributed by atoms with Gasteiger partial charge in [0.2, 0.25) is 0 Å². The molecule has 18 heavy (non-hydrogen) atoms. The van der Waals surface area contributed by atoms with E-state index in [1.54, 1.807) is 0 Å². The van der Waals surface area contributed by atoms with Crippen molar-refractivity contribution in [3.8, 4) is 0 Å². The van der Waals surface area contributed by atoms with Crippen LogP contribution in [0, 0.1) is 9.39 Å². The number of carbonyl (C=O) groups is 1. The third-order valence-electron chi connectivity index (χ3n) is 2.22. The smallest absolute Gasteiger partial charge is 0.335 e. The van der Waals surface area contributed by atoms with Crippen LogP contribution in [0.3, 0.4) is 0 Å². The monoisotopic (exact) mass is 374 g/mol. The van der Waals surface area contributed by atoms with Crippen molar-refractivity contribution in [3.05, 3.63) is 57.4 Å². The van der Waals surface area contributed by atoms with Crippen molar-refractivity contribution in [1.82, 2.24) is 0 Å². The minimum Gasteiger partial charge on any atom is -0.478 e. The number of carboxylic acid groups (broad SMARTS) is 1. The molecule has 0 aromatic heterocycles. The van der Waals surface area contributed by atoms with Crippen molar-refractivity contribution in [2.75, 3.05) is 0 Å². The molecule has 2 rings (SSSR count). The summed E-state index contributed by atoms with van der Waals surface area (Å²) in [6.45, 7) is 0. The summed E-state index contributed by atoms with van der Waals surface area (Å²) in [7, 11) is 0. The van der Waals surface area contributed by atoms with E-state index in [1.165, 1.54) is 23.9 Å². The summed E-state index contributed by atoms with van der Waals surface area (Å²) in [6, 6.07) is 11.6. The van der Waals surface area contributed by atoms with Crippen LogP contribution in [0.5, 0.6) is 0 Å². The molecule has 1 N–H and O–H groups in total. The second-order valence-corrected chi connectivity index (χ2v) is 5.87. The lowest BCUT2D eigenvalue weighted by Crippen LogP contribution is -1.97. The van der Waals surface area contributed by atoms with E-state index in [4.69, 9.17) is 5.11 Å². The van der Waals surface area contributed by atoms with Gasteiger partial charge < -0.3 is 5.11 Å². The van der Waals surface area contributed by atoms with Crippen LogP contribution in [-0.2, 0) is 0 Å². The molecule has 2 aromatic carbocycles. The van der Waals surface area contributed by atoms with Crippen LogP contribution >= 0.6 is 34.4 Å². The van der Waals surface area contributed by atoms with E-state index in [-0.39, 0.29) is 5.56 Å². The van der Waals surface area contributed by atoms with E-state index in [2.05, 4.69) is 22.6 Å². The number of rotatable bonds is 3. The molecule has 5 heteroatoms. The lowest BCUT2D eigenvalue weighted by atomic mass is 10.2. The first-order chi connectivity index (χ1) is 8.56. The maximum absolute atomic E-state index is 13.7. The van der Waals surface area contributed by atoms with Gasteiger partial charge in [-0.15, -0.1) is 0 Å². The number of hydrogen-bond donors (Lipinski definition) is 1. The molecule has 0 radical (unpaired) electrons. The molecule has 2 aromatic rings. The number of carboxylic acids is 1. The molecule has 0 aliphatic heterocycles. The van der Waals surface area contributed by atoms with Gasteiger partial charge in [0, 0.05) is 13.4 Å². The van der Waals surface area contributed by atoms with Gasteiger partial charge in [-0.1, -0.05) is 11.8 Å². The standard InChI is InChI=1S/C13H8FIO2S/c14-11-7-8(13(16)17)1-6-12(11)18-10-4-2-9(15)3-5-10/h1-7H,(H,16,17). The SMILES string of the molecule is O=C(O)c1ccc(Sc2ccc(I)cc2)c(F)c1. The van der Waals surface area contributed by atoms with Gasteiger partial charge >= 0.3 is 5.97 Å². The lowest BCUT2D eigenvalue weighted by Gasteiger charge is -2.04. The summed E-state index contributed by atoms with van der Waals surface area (Å²) in [6.07, 6.45) is 0. The Hall–Kier alpha value is -1.08. The molecular formula is C13H8FIO2S. The zero-order valence-corrected chi connectivity index (χ0v) is 12.0. The molecule has 0 aliphatic carbocycles. The van der Waals surface area contributed by atoms with Crippen molar-refractivity contribution in [1.29, 1.82) is 0 Å². The van der Waals surface area contributed by atoms with E-state index >= 15 is 0 Å². The van der Waals surface area contributed by atoms with E-state index < -0.39 is 11.8 Å². The molecular weight excluding hydrogens is 366 g/mol. The molecule has 0 aliphatic rings. The fourth-order valence-corrected chi connectivity index (χ4v) is 2.52. The fraction of sp³-hybridized carbons (Fsp3) is 0. The summed E-state index contributed by atoms with van der Waals surface area (Å²) in [4.78, 5) is 12.0. The Morgan fingerprint density at radius 1 is 1.17 bits per heavy atom. The molecule has 2 nitrogen and oxygen atoms in total. The van der Waals surface area contributed by atoms with Gasteiger partial charge in [0.1, 0.15) is 5.82 Å². The van der Waals surface area contributed by atoms with Gasteiger partial charge in [-0.3, -0.25) is 0 Å². The van der Waals surface area contributed by atoms with Crippen LogP contribution in [0.2, 0.25) is 0 Å². The van der Waals surface area contributed by atoms with E-state index in [0.717, 1.165) is 14.5 Å². The molecule has 0 fully saturated rings. The highest BCUT2D eigenvalue weighted by Crippen LogP contribution is 2.30. The van der Waals surface area contributed by atoms with E-state index in [0.29, 0.717) is 4.90 Å². The number of aromatic carboxylic acids is 1. The van der Waals surface area contributed by atoms with Crippen molar-refractivity contribution in [2.45, 2.75) is 9.79 Å². The van der Waals surface area contributed by atoms with Gasteiger partial charge in [-0.25, -0.2) is 9.18 Å². The fourth-order valence-electron chi connectivity index (χ4n) is 1.35. The first-order valence-electron chi connectivity index (χ1n) is 5.02. The highest BCUT2D eigenvalue weighted by atomic mass is 127. The van der Waals surface area contributed by atoms with Crippen LogP contribution < -0.4 is 0 Å². The van der Waals surface area contributed by atoms with E-state index in [9.17, 15) is 9.18 Å². The molecule has 0 saturated heterocycles. The normalized spacial score (nSPS) is 10.3. The quantitative estimate of drug-likeness (QED) is 0.815. The summed E-state index contributed by atoms with van der Waals surface area (Å²) in [5.41, 5.74) is -0.0422. The molecule has 92 valence electrons. The topological polar surface area (TPSA) is 37.3 Å². The molecule has 0 bridgehead atoms. The van der Waals surface area contributed by atoms with Gasteiger partial charge in [0.05, 0.1) is 5.56 Å². The average Bonchev–Trinajstić information content (AvgIpc) is 2.34.